The Bertz CT molecular complexity index is 1410. The molecule has 2 amide bonds. The maximum atomic E-state index is 14.6. The van der Waals surface area contributed by atoms with Crippen LogP contribution in [0, 0.1) is 17.6 Å². The molecule has 3 aromatic carbocycles. The van der Waals surface area contributed by atoms with Gasteiger partial charge in [-0.3, -0.25) is 14.4 Å². The van der Waals surface area contributed by atoms with E-state index in [1.54, 1.807) is 6.07 Å². The van der Waals surface area contributed by atoms with Crippen LogP contribution < -0.4 is 15.4 Å². The van der Waals surface area contributed by atoms with Crippen LogP contribution in [0.25, 0.3) is 10.8 Å². The first-order chi connectivity index (χ1) is 18.8. The Morgan fingerprint density at radius 1 is 0.795 bits per heavy atom. The molecule has 0 bridgehead atoms. The molecular weight excluding hydrogens is 506 g/mol. The SMILES string of the molecule is O=C(NCCNC(=O)c1ccc(O[C@H]2CC[C@@H](C(=O)O)CC2)c(F)c1F)c1ccc2ccc(C3CC3)cc2c1. The minimum Gasteiger partial charge on any atom is -0.487 e. The van der Waals surface area contributed by atoms with Crippen LogP contribution in [0.4, 0.5) is 8.78 Å². The van der Waals surface area contributed by atoms with Crippen molar-refractivity contribution < 1.29 is 33.0 Å². The summed E-state index contributed by atoms with van der Waals surface area (Å²) >= 11 is 0. The van der Waals surface area contributed by atoms with Gasteiger partial charge >= 0.3 is 5.97 Å². The summed E-state index contributed by atoms with van der Waals surface area (Å²) in [7, 11) is 0. The van der Waals surface area contributed by atoms with Crippen LogP contribution in [0.2, 0.25) is 0 Å². The van der Waals surface area contributed by atoms with E-state index in [2.05, 4.69) is 28.8 Å². The Morgan fingerprint density at radius 2 is 1.49 bits per heavy atom. The molecule has 2 aliphatic rings. The maximum Gasteiger partial charge on any atom is 0.306 e. The van der Waals surface area contributed by atoms with Crippen LogP contribution in [0.15, 0.2) is 48.5 Å². The normalized spacial score (nSPS) is 18.9. The van der Waals surface area contributed by atoms with E-state index in [1.165, 1.54) is 24.5 Å². The van der Waals surface area contributed by atoms with Gasteiger partial charge in [-0.15, -0.1) is 0 Å². The van der Waals surface area contributed by atoms with Crippen LogP contribution >= 0.6 is 0 Å². The minimum atomic E-state index is -1.32. The van der Waals surface area contributed by atoms with Crippen LogP contribution in [0.5, 0.6) is 5.75 Å². The molecule has 2 fully saturated rings. The monoisotopic (exact) mass is 536 g/mol. The number of aliphatic carboxylic acids is 1. The van der Waals surface area contributed by atoms with E-state index in [0.29, 0.717) is 37.2 Å². The quantitative estimate of drug-likeness (QED) is 0.327. The molecule has 3 N–H and O–H groups in total. The van der Waals surface area contributed by atoms with Crippen molar-refractivity contribution in [1.82, 2.24) is 10.6 Å². The van der Waals surface area contributed by atoms with Crippen molar-refractivity contribution >= 4 is 28.6 Å². The summed E-state index contributed by atoms with van der Waals surface area (Å²) in [5, 5.41) is 16.4. The summed E-state index contributed by atoms with van der Waals surface area (Å²) in [6, 6.07) is 14.1. The molecule has 0 unspecified atom stereocenters. The lowest BCUT2D eigenvalue weighted by Gasteiger charge is -2.27. The zero-order valence-corrected chi connectivity index (χ0v) is 21.3. The van der Waals surface area contributed by atoms with Crippen LogP contribution in [-0.2, 0) is 4.79 Å². The van der Waals surface area contributed by atoms with Gasteiger partial charge in [0.25, 0.3) is 11.8 Å². The summed E-state index contributed by atoms with van der Waals surface area (Å²) in [6.45, 7) is 0.130. The average molecular weight is 537 g/mol. The van der Waals surface area contributed by atoms with Gasteiger partial charge < -0.3 is 20.5 Å². The van der Waals surface area contributed by atoms with E-state index in [4.69, 9.17) is 9.84 Å². The largest absolute Gasteiger partial charge is 0.487 e. The number of rotatable bonds is 9. The second kappa shape index (κ2) is 11.4. The van der Waals surface area contributed by atoms with Crippen molar-refractivity contribution in [1.29, 1.82) is 0 Å². The maximum absolute atomic E-state index is 14.6. The third-order valence-corrected chi connectivity index (χ3v) is 7.48. The first-order valence-corrected chi connectivity index (χ1v) is 13.3. The molecule has 0 aliphatic heterocycles. The highest BCUT2D eigenvalue weighted by atomic mass is 19.2. The lowest BCUT2D eigenvalue weighted by Crippen LogP contribution is -2.35. The number of hydrogen-bond acceptors (Lipinski definition) is 4. The van der Waals surface area contributed by atoms with Crippen LogP contribution in [0.3, 0.4) is 0 Å². The van der Waals surface area contributed by atoms with E-state index < -0.39 is 41.1 Å². The van der Waals surface area contributed by atoms with Gasteiger partial charge in [0.1, 0.15) is 0 Å². The fraction of sp³-hybridized carbons (Fsp3) is 0.367. The molecule has 0 aromatic heterocycles. The predicted molar refractivity (Wildman–Crippen MR) is 141 cm³/mol. The molecule has 5 rings (SSSR count). The topological polar surface area (TPSA) is 105 Å². The van der Waals surface area contributed by atoms with Gasteiger partial charge in [0.05, 0.1) is 17.6 Å². The molecule has 204 valence electrons. The smallest absolute Gasteiger partial charge is 0.306 e. The minimum absolute atomic E-state index is 0.0239. The number of carbonyl (C=O) groups excluding carboxylic acids is 2. The molecule has 2 aliphatic carbocycles. The third-order valence-electron chi connectivity index (χ3n) is 7.48. The summed E-state index contributed by atoms with van der Waals surface area (Å²) < 4.78 is 34.8. The van der Waals surface area contributed by atoms with Gasteiger partial charge in [-0.25, -0.2) is 4.39 Å². The number of benzene rings is 3. The Labute approximate surface area is 224 Å². The number of ether oxygens (including phenoxy) is 1. The number of carboxylic acid groups (broad SMARTS) is 1. The number of fused-ring (bicyclic) bond motifs is 1. The molecule has 39 heavy (non-hydrogen) atoms. The molecule has 0 saturated heterocycles. The molecule has 0 atom stereocenters. The second-order valence-corrected chi connectivity index (χ2v) is 10.3. The molecule has 7 nitrogen and oxygen atoms in total. The summed E-state index contributed by atoms with van der Waals surface area (Å²) in [6.07, 6.45) is 3.64. The van der Waals surface area contributed by atoms with Gasteiger partial charge in [0.15, 0.2) is 11.6 Å². The highest BCUT2D eigenvalue weighted by Gasteiger charge is 2.28. The van der Waals surface area contributed by atoms with Crippen molar-refractivity contribution in [3.8, 4) is 5.75 Å². The Balaban J connectivity index is 1.11. The van der Waals surface area contributed by atoms with Gasteiger partial charge in [0.2, 0.25) is 5.82 Å². The number of halogens is 2. The fourth-order valence-corrected chi connectivity index (χ4v) is 5.03. The Hall–Kier alpha value is -4.01. The first kappa shape index (κ1) is 26.6. The second-order valence-electron chi connectivity index (χ2n) is 10.3. The van der Waals surface area contributed by atoms with E-state index in [9.17, 15) is 23.2 Å². The molecular formula is C30H30F2N2O5. The highest BCUT2D eigenvalue weighted by molar-refractivity contribution is 5.99. The zero-order chi connectivity index (χ0) is 27.5. The first-order valence-electron chi connectivity index (χ1n) is 13.3. The van der Waals surface area contributed by atoms with E-state index in [0.717, 1.165) is 16.8 Å². The van der Waals surface area contributed by atoms with Crippen molar-refractivity contribution in [2.45, 2.75) is 50.5 Å². The van der Waals surface area contributed by atoms with Gasteiger partial charge in [-0.05, 0) is 85.0 Å². The predicted octanol–water partition coefficient (Wildman–Crippen LogP) is 5.18. The number of amides is 2. The Kier molecular flexibility index (Phi) is 7.77. The average Bonchev–Trinajstić information content (AvgIpc) is 3.79. The summed E-state index contributed by atoms with van der Waals surface area (Å²) in [5.74, 6) is -4.71. The van der Waals surface area contributed by atoms with E-state index in [1.807, 2.05) is 12.1 Å². The van der Waals surface area contributed by atoms with Gasteiger partial charge in [-0.2, -0.15) is 4.39 Å². The third kappa shape index (κ3) is 6.19. The fourth-order valence-electron chi connectivity index (χ4n) is 5.03. The number of nitrogens with one attached hydrogen (secondary N) is 2. The molecule has 2 saturated carbocycles. The number of carboxylic acids is 1. The zero-order valence-electron chi connectivity index (χ0n) is 21.3. The molecule has 0 radical (unpaired) electrons. The van der Waals surface area contributed by atoms with E-state index in [-0.39, 0.29) is 24.7 Å². The summed E-state index contributed by atoms with van der Waals surface area (Å²) in [5.41, 5.74) is 1.32. The molecule has 0 spiro atoms. The van der Waals surface area contributed by atoms with Crippen molar-refractivity contribution in [3.63, 3.8) is 0 Å². The highest BCUT2D eigenvalue weighted by Crippen LogP contribution is 2.41. The van der Waals surface area contributed by atoms with Crippen molar-refractivity contribution in [2.24, 2.45) is 5.92 Å². The molecule has 9 heteroatoms. The standard InChI is InChI=1S/C30H30F2N2O5/c31-26-24(11-12-25(27(26)32)39-23-9-7-19(8-10-23)30(37)38)29(36)34-14-13-33-28(35)21-6-4-18-3-5-20(17-1-2-17)15-22(18)16-21/h3-6,11-12,15-17,19,23H,1-2,7-10,13-14H2,(H,33,35)(H,34,36)(H,37,38)/t19-,23+. The van der Waals surface area contributed by atoms with E-state index >= 15 is 0 Å². The summed E-state index contributed by atoms with van der Waals surface area (Å²) in [4.78, 5) is 36.1. The number of carbonyl (C=O) groups is 3. The van der Waals surface area contributed by atoms with Crippen LogP contribution in [0.1, 0.15) is 70.7 Å². The van der Waals surface area contributed by atoms with Crippen molar-refractivity contribution in [2.75, 3.05) is 13.1 Å². The van der Waals surface area contributed by atoms with Crippen LogP contribution in [-0.4, -0.2) is 42.1 Å². The number of hydrogen-bond donors (Lipinski definition) is 3. The molecule has 0 heterocycles. The molecule has 3 aromatic rings. The Morgan fingerprint density at radius 3 is 2.18 bits per heavy atom. The lowest BCUT2D eigenvalue weighted by molar-refractivity contribution is -0.143. The van der Waals surface area contributed by atoms with Crippen molar-refractivity contribution in [3.05, 3.63) is 76.9 Å². The van der Waals surface area contributed by atoms with Gasteiger partial charge in [-0.1, -0.05) is 24.3 Å². The lowest BCUT2D eigenvalue weighted by atomic mass is 9.87. The van der Waals surface area contributed by atoms with Gasteiger partial charge in [0, 0.05) is 18.7 Å².